The number of benzene rings is 1. The molecule has 0 radical (unpaired) electrons. The Morgan fingerprint density at radius 3 is 2.76 bits per heavy atom. The van der Waals surface area contributed by atoms with Crippen LogP contribution in [-0.2, 0) is 9.53 Å². The zero-order valence-corrected chi connectivity index (χ0v) is 9.10. The Hall–Kier alpha value is -1.69. The van der Waals surface area contributed by atoms with Crippen LogP contribution in [0, 0.1) is 0 Å². The molecule has 0 aliphatic carbocycles. The molecule has 1 atom stereocenters. The number of hydrogen-bond acceptors (Lipinski definition) is 4. The number of rotatable bonds is 5. The fourth-order valence-corrected chi connectivity index (χ4v) is 1.22. The monoisotopic (exact) mass is 246 g/mol. The third-order valence-electron chi connectivity index (χ3n) is 1.91. The molecule has 0 spiro atoms. The van der Waals surface area contributed by atoms with Crippen LogP contribution >= 0.6 is 0 Å². The number of hydrogen-bond donors (Lipinski definition) is 1. The van der Waals surface area contributed by atoms with Gasteiger partial charge in [0.2, 0.25) is 0 Å². The summed E-state index contributed by atoms with van der Waals surface area (Å²) in [6.07, 6.45) is -1.50. The highest BCUT2D eigenvalue weighted by Gasteiger charge is 2.19. The summed E-state index contributed by atoms with van der Waals surface area (Å²) in [5, 5.41) is 9.56. The Kier molecular flexibility index (Phi) is 4.84. The molecule has 0 saturated carbocycles. The van der Waals surface area contributed by atoms with E-state index in [1.807, 2.05) is 0 Å². The molecule has 94 valence electrons. The van der Waals surface area contributed by atoms with E-state index in [-0.39, 0.29) is 17.9 Å². The van der Waals surface area contributed by atoms with Crippen LogP contribution in [0.2, 0.25) is 0 Å². The molecule has 1 N–H and O–H groups in total. The first-order valence-corrected chi connectivity index (χ1v) is 4.94. The molecule has 0 aromatic heterocycles. The summed E-state index contributed by atoms with van der Waals surface area (Å²) in [6.45, 7) is -1.23. The lowest BCUT2D eigenvalue weighted by atomic mass is 10.1. The first kappa shape index (κ1) is 13.4. The minimum Gasteiger partial charge on any atom is -0.464 e. The van der Waals surface area contributed by atoms with Crippen molar-refractivity contribution in [1.29, 1.82) is 0 Å². The van der Waals surface area contributed by atoms with Gasteiger partial charge in [-0.3, -0.25) is 0 Å². The van der Waals surface area contributed by atoms with Crippen LogP contribution in [0.1, 0.15) is 18.6 Å². The molecule has 0 aliphatic rings. The number of alkyl halides is 2. The van der Waals surface area contributed by atoms with E-state index in [9.17, 15) is 18.7 Å². The second kappa shape index (κ2) is 6.15. The molecular weight excluding hydrogens is 234 g/mol. The third-order valence-corrected chi connectivity index (χ3v) is 1.91. The predicted octanol–water partition coefficient (Wildman–Crippen LogP) is 1.88. The van der Waals surface area contributed by atoms with Gasteiger partial charge in [-0.05, 0) is 24.6 Å². The highest BCUT2D eigenvalue weighted by Crippen LogP contribution is 2.21. The maximum Gasteiger partial charge on any atom is 0.387 e. The van der Waals surface area contributed by atoms with Crippen LogP contribution < -0.4 is 4.74 Å². The predicted molar refractivity (Wildman–Crippen MR) is 54.7 cm³/mol. The molecule has 1 unspecified atom stereocenters. The van der Waals surface area contributed by atoms with Gasteiger partial charge in [0.05, 0.1) is 6.61 Å². The summed E-state index contributed by atoms with van der Waals surface area (Å²) in [7, 11) is 0. The van der Waals surface area contributed by atoms with E-state index in [2.05, 4.69) is 9.47 Å². The summed E-state index contributed by atoms with van der Waals surface area (Å²) < 4.78 is 32.7. The van der Waals surface area contributed by atoms with Gasteiger partial charge in [-0.1, -0.05) is 12.1 Å². The zero-order chi connectivity index (χ0) is 12.8. The normalized spacial score (nSPS) is 12.3. The Labute approximate surface area is 96.8 Å². The van der Waals surface area contributed by atoms with Crippen molar-refractivity contribution in [3.63, 3.8) is 0 Å². The van der Waals surface area contributed by atoms with E-state index in [4.69, 9.17) is 0 Å². The van der Waals surface area contributed by atoms with Gasteiger partial charge in [0.1, 0.15) is 5.75 Å². The molecule has 0 amide bonds. The fourth-order valence-electron chi connectivity index (χ4n) is 1.22. The molecule has 0 fully saturated rings. The summed E-state index contributed by atoms with van der Waals surface area (Å²) >= 11 is 0. The Balaban J connectivity index is 2.80. The van der Waals surface area contributed by atoms with Crippen LogP contribution in [0.3, 0.4) is 0 Å². The smallest absolute Gasteiger partial charge is 0.387 e. The number of halogens is 2. The van der Waals surface area contributed by atoms with Gasteiger partial charge in [-0.15, -0.1) is 0 Å². The molecule has 1 aromatic carbocycles. The summed E-state index contributed by atoms with van der Waals surface area (Å²) in [5.74, 6) is -0.956. The second-order valence-corrected chi connectivity index (χ2v) is 3.11. The standard InChI is InChI=1S/C11H12F2O4/c1-2-16-10(15)9(14)7-4-3-5-8(6-7)17-11(12)13/h3-6,9,11,14H,2H2,1H3. The minimum absolute atomic E-state index is 0.124. The van der Waals surface area contributed by atoms with E-state index in [0.29, 0.717) is 0 Å². The van der Waals surface area contributed by atoms with Crippen molar-refractivity contribution in [3.05, 3.63) is 29.8 Å². The minimum atomic E-state index is -2.95. The first-order chi connectivity index (χ1) is 8.04. The van der Waals surface area contributed by atoms with Gasteiger partial charge in [0.25, 0.3) is 0 Å². The highest BCUT2D eigenvalue weighted by molar-refractivity contribution is 5.76. The van der Waals surface area contributed by atoms with Crippen molar-refractivity contribution in [2.75, 3.05) is 6.61 Å². The summed E-state index contributed by atoms with van der Waals surface area (Å²) in [6, 6.07) is 5.27. The number of carbonyl (C=O) groups excluding carboxylic acids is 1. The molecule has 0 saturated heterocycles. The molecule has 0 bridgehead atoms. The zero-order valence-electron chi connectivity index (χ0n) is 9.10. The van der Waals surface area contributed by atoms with Crippen LogP contribution in [0.15, 0.2) is 24.3 Å². The molecule has 1 aromatic rings. The van der Waals surface area contributed by atoms with Gasteiger partial charge in [-0.25, -0.2) is 4.79 Å². The van der Waals surface area contributed by atoms with Crippen molar-refractivity contribution in [2.45, 2.75) is 19.6 Å². The third kappa shape index (κ3) is 3.99. The van der Waals surface area contributed by atoms with E-state index < -0.39 is 18.7 Å². The molecule has 0 heterocycles. The average Bonchev–Trinajstić information content (AvgIpc) is 2.28. The molecule has 1 rings (SSSR count). The fraction of sp³-hybridized carbons (Fsp3) is 0.364. The van der Waals surface area contributed by atoms with E-state index in [1.54, 1.807) is 6.92 Å². The Morgan fingerprint density at radius 1 is 1.47 bits per heavy atom. The van der Waals surface area contributed by atoms with Gasteiger partial charge >= 0.3 is 12.6 Å². The first-order valence-electron chi connectivity index (χ1n) is 4.94. The number of esters is 1. The topological polar surface area (TPSA) is 55.8 Å². The van der Waals surface area contributed by atoms with E-state index >= 15 is 0 Å². The van der Waals surface area contributed by atoms with E-state index in [0.717, 1.165) is 6.07 Å². The lowest BCUT2D eigenvalue weighted by Gasteiger charge is -2.11. The van der Waals surface area contributed by atoms with Crippen molar-refractivity contribution >= 4 is 5.97 Å². The quantitative estimate of drug-likeness (QED) is 0.806. The van der Waals surface area contributed by atoms with Crippen LogP contribution in [-0.4, -0.2) is 24.3 Å². The maximum absolute atomic E-state index is 12.0. The van der Waals surface area contributed by atoms with Crippen LogP contribution in [0.25, 0.3) is 0 Å². The lowest BCUT2D eigenvalue weighted by Crippen LogP contribution is -2.15. The number of carbonyl (C=O) groups is 1. The van der Waals surface area contributed by atoms with Gasteiger partial charge in [0.15, 0.2) is 6.10 Å². The van der Waals surface area contributed by atoms with Crippen molar-refractivity contribution in [1.82, 2.24) is 0 Å². The van der Waals surface area contributed by atoms with Crippen molar-refractivity contribution in [2.24, 2.45) is 0 Å². The van der Waals surface area contributed by atoms with Gasteiger partial charge < -0.3 is 14.6 Å². The number of aliphatic hydroxyl groups excluding tert-OH is 1. The molecule has 4 nitrogen and oxygen atoms in total. The van der Waals surface area contributed by atoms with Crippen LogP contribution in [0.4, 0.5) is 8.78 Å². The summed E-state index contributed by atoms with van der Waals surface area (Å²) in [5.41, 5.74) is 0.140. The molecular formula is C11H12F2O4. The average molecular weight is 246 g/mol. The highest BCUT2D eigenvalue weighted by atomic mass is 19.3. The lowest BCUT2D eigenvalue weighted by molar-refractivity contribution is -0.153. The Morgan fingerprint density at radius 2 is 2.18 bits per heavy atom. The second-order valence-electron chi connectivity index (χ2n) is 3.11. The van der Waals surface area contributed by atoms with Crippen molar-refractivity contribution < 1.29 is 28.2 Å². The van der Waals surface area contributed by atoms with E-state index in [1.165, 1.54) is 18.2 Å². The van der Waals surface area contributed by atoms with Crippen LogP contribution in [0.5, 0.6) is 5.75 Å². The SMILES string of the molecule is CCOC(=O)C(O)c1cccc(OC(F)F)c1. The van der Waals surface area contributed by atoms with Crippen molar-refractivity contribution in [3.8, 4) is 5.75 Å². The number of aliphatic hydroxyl groups is 1. The maximum atomic E-state index is 12.0. The molecule has 0 aliphatic heterocycles. The summed E-state index contributed by atoms with van der Waals surface area (Å²) in [4.78, 5) is 11.2. The Bertz CT molecular complexity index is 381. The van der Waals surface area contributed by atoms with Gasteiger partial charge in [-0.2, -0.15) is 8.78 Å². The molecule has 17 heavy (non-hydrogen) atoms. The van der Waals surface area contributed by atoms with Gasteiger partial charge in [0, 0.05) is 0 Å². The number of ether oxygens (including phenoxy) is 2. The largest absolute Gasteiger partial charge is 0.464 e. The molecule has 6 heteroatoms.